The van der Waals surface area contributed by atoms with Crippen LogP contribution in [0.25, 0.3) is 6.08 Å². The van der Waals surface area contributed by atoms with Gasteiger partial charge in [-0.3, -0.25) is 10.1 Å². The van der Waals surface area contributed by atoms with Crippen LogP contribution in [0.1, 0.15) is 12.0 Å². The molecule has 0 aliphatic rings. The fourth-order valence-electron chi connectivity index (χ4n) is 1.22. The van der Waals surface area contributed by atoms with Crippen LogP contribution in [0.2, 0.25) is 0 Å². The molecule has 0 fully saturated rings. The Kier molecular flexibility index (Phi) is 6.70. The number of benzene rings is 1. The summed E-state index contributed by atoms with van der Waals surface area (Å²) in [5, 5.41) is 14.0. The lowest BCUT2D eigenvalue weighted by Gasteiger charge is -2.06. The van der Waals surface area contributed by atoms with Crippen LogP contribution >= 0.6 is 12.2 Å². The normalized spacial score (nSPS) is 10.4. The highest BCUT2D eigenvalue weighted by Gasteiger charge is 1.99. The zero-order valence-electron chi connectivity index (χ0n) is 10.2. The zero-order chi connectivity index (χ0) is 14.1. The van der Waals surface area contributed by atoms with Crippen molar-refractivity contribution in [3.05, 3.63) is 41.7 Å². The van der Waals surface area contributed by atoms with Gasteiger partial charge in [0.25, 0.3) is 0 Å². The van der Waals surface area contributed by atoms with Crippen LogP contribution in [0, 0.1) is 5.82 Å². The summed E-state index contributed by atoms with van der Waals surface area (Å²) in [5.41, 5.74) is 0.718. The highest BCUT2D eigenvalue weighted by Crippen LogP contribution is 2.04. The average molecular weight is 282 g/mol. The van der Waals surface area contributed by atoms with Crippen LogP contribution in [0.15, 0.2) is 30.3 Å². The average Bonchev–Trinajstić information content (AvgIpc) is 2.38. The molecular weight excluding hydrogens is 267 g/mol. The van der Waals surface area contributed by atoms with Crippen molar-refractivity contribution in [1.82, 2.24) is 10.6 Å². The maximum absolute atomic E-state index is 12.7. The van der Waals surface area contributed by atoms with Gasteiger partial charge in [0.1, 0.15) is 5.82 Å². The first-order chi connectivity index (χ1) is 9.11. The first kappa shape index (κ1) is 15.3. The Balaban J connectivity index is 2.38. The summed E-state index contributed by atoms with van der Waals surface area (Å²) < 4.78 is 12.7. The molecule has 102 valence electrons. The molecule has 0 saturated heterocycles. The number of hydrogen-bond donors (Lipinski definition) is 3. The number of carbonyl (C=O) groups excluding carboxylic acids is 1. The highest BCUT2D eigenvalue weighted by atomic mass is 32.1. The van der Waals surface area contributed by atoms with Crippen LogP contribution in [-0.2, 0) is 4.79 Å². The SMILES string of the molecule is O=C(C=Cc1ccc(F)cc1)NC(=S)NCCCO. The number of amides is 1. The van der Waals surface area contributed by atoms with E-state index in [1.54, 1.807) is 18.2 Å². The largest absolute Gasteiger partial charge is 0.396 e. The molecule has 0 heterocycles. The maximum Gasteiger partial charge on any atom is 0.250 e. The van der Waals surface area contributed by atoms with Crippen molar-refractivity contribution < 1.29 is 14.3 Å². The van der Waals surface area contributed by atoms with Crippen molar-refractivity contribution in [2.24, 2.45) is 0 Å². The quantitative estimate of drug-likeness (QED) is 0.432. The Morgan fingerprint density at radius 1 is 1.37 bits per heavy atom. The molecular formula is C13H15FN2O2S. The summed E-state index contributed by atoms with van der Waals surface area (Å²) in [6, 6.07) is 5.77. The minimum atomic E-state index is -0.370. The van der Waals surface area contributed by atoms with Crippen LogP contribution < -0.4 is 10.6 Å². The molecule has 0 aromatic heterocycles. The Morgan fingerprint density at radius 2 is 2.05 bits per heavy atom. The van der Waals surface area contributed by atoms with E-state index in [9.17, 15) is 9.18 Å². The second-order valence-corrected chi connectivity index (χ2v) is 4.12. The third-order valence-corrected chi connectivity index (χ3v) is 2.40. The van der Waals surface area contributed by atoms with Gasteiger partial charge in [-0.25, -0.2) is 4.39 Å². The Labute approximate surface area is 116 Å². The summed E-state index contributed by atoms with van der Waals surface area (Å²) in [7, 11) is 0. The van der Waals surface area contributed by atoms with Crippen LogP contribution in [0.4, 0.5) is 4.39 Å². The van der Waals surface area contributed by atoms with E-state index < -0.39 is 0 Å². The smallest absolute Gasteiger partial charge is 0.250 e. The molecule has 1 rings (SSSR count). The summed E-state index contributed by atoms with van der Waals surface area (Å²) in [4.78, 5) is 11.5. The molecule has 1 amide bonds. The molecule has 1 aromatic carbocycles. The van der Waals surface area contributed by atoms with E-state index in [2.05, 4.69) is 10.6 Å². The van der Waals surface area contributed by atoms with Crippen LogP contribution in [0.3, 0.4) is 0 Å². The summed E-state index contributed by atoms with van der Waals surface area (Å²) in [5.74, 6) is -0.693. The number of rotatable bonds is 5. The zero-order valence-corrected chi connectivity index (χ0v) is 11.0. The second-order valence-electron chi connectivity index (χ2n) is 3.71. The van der Waals surface area contributed by atoms with Gasteiger partial charge >= 0.3 is 0 Å². The van der Waals surface area contributed by atoms with E-state index in [1.165, 1.54) is 18.2 Å². The van der Waals surface area contributed by atoms with Crippen molar-refractivity contribution in [2.45, 2.75) is 6.42 Å². The standard InChI is InChI=1S/C13H15FN2O2S/c14-11-5-2-10(3-6-11)4-7-12(18)16-13(19)15-8-1-9-17/h2-7,17H,1,8-9H2,(H2,15,16,18,19). The van der Waals surface area contributed by atoms with Gasteiger partial charge in [-0.2, -0.15) is 0 Å². The molecule has 0 aliphatic heterocycles. The van der Waals surface area contributed by atoms with Crippen molar-refractivity contribution >= 4 is 29.3 Å². The number of thiocarbonyl (C=S) groups is 1. The Hall–Kier alpha value is -1.79. The molecule has 0 spiro atoms. The minimum absolute atomic E-state index is 0.0635. The molecule has 19 heavy (non-hydrogen) atoms. The molecule has 6 heteroatoms. The molecule has 3 N–H and O–H groups in total. The topological polar surface area (TPSA) is 61.4 Å². The molecule has 0 bridgehead atoms. The lowest BCUT2D eigenvalue weighted by molar-refractivity contribution is -0.115. The van der Waals surface area contributed by atoms with Crippen molar-refractivity contribution in [1.29, 1.82) is 0 Å². The molecule has 0 aliphatic carbocycles. The van der Waals surface area contributed by atoms with E-state index >= 15 is 0 Å². The third-order valence-electron chi connectivity index (χ3n) is 2.15. The predicted molar refractivity (Wildman–Crippen MR) is 75.9 cm³/mol. The van der Waals surface area contributed by atoms with Gasteiger partial charge in [0.05, 0.1) is 0 Å². The fraction of sp³-hybridized carbons (Fsp3) is 0.231. The van der Waals surface area contributed by atoms with Crippen LogP contribution in [0.5, 0.6) is 0 Å². The van der Waals surface area contributed by atoms with Gasteiger partial charge in [-0.15, -0.1) is 0 Å². The number of aliphatic hydroxyl groups is 1. The van der Waals surface area contributed by atoms with Crippen molar-refractivity contribution in [3.8, 4) is 0 Å². The first-order valence-corrected chi connectivity index (χ1v) is 6.16. The predicted octanol–water partition coefficient (Wildman–Crippen LogP) is 1.21. The fourth-order valence-corrected chi connectivity index (χ4v) is 1.43. The molecule has 1 aromatic rings. The second kappa shape index (κ2) is 8.34. The van der Waals surface area contributed by atoms with Crippen molar-refractivity contribution in [3.63, 3.8) is 0 Å². The number of hydrogen-bond acceptors (Lipinski definition) is 3. The number of carbonyl (C=O) groups is 1. The van der Waals surface area contributed by atoms with Crippen molar-refractivity contribution in [2.75, 3.05) is 13.2 Å². The van der Waals surface area contributed by atoms with Gasteiger partial charge < -0.3 is 10.4 Å². The Morgan fingerprint density at radius 3 is 2.68 bits per heavy atom. The summed E-state index contributed by atoms with van der Waals surface area (Å²) >= 11 is 4.88. The molecule has 4 nitrogen and oxygen atoms in total. The molecule has 0 atom stereocenters. The van der Waals surface area contributed by atoms with Crippen LogP contribution in [-0.4, -0.2) is 29.3 Å². The lowest BCUT2D eigenvalue weighted by atomic mass is 10.2. The summed E-state index contributed by atoms with van der Waals surface area (Å²) in [6.07, 6.45) is 3.43. The van der Waals surface area contributed by atoms with Gasteiger partial charge in [0.15, 0.2) is 5.11 Å². The Bertz CT molecular complexity index is 460. The van der Waals surface area contributed by atoms with Gasteiger partial charge in [-0.05, 0) is 42.4 Å². The highest BCUT2D eigenvalue weighted by molar-refractivity contribution is 7.80. The molecule has 0 saturated carbocycles. The van der Waals surface area contributed by atoms with E-state index in [-0.39, 0.29) is 23.4 Å². The van der Waals surface area contributed by atoms with E-state index in [4.69, 9.17) is 17.3 Å². The lowest BCUT2D eigenvalue weighted by Crippen LogP contribution is -2.38. The first-order valence-electron chi connectivity index (χ1n) is 5.75. The van der Waals surface area contributed by atoms with Gasteiger partial charge in [-0.1, -0.05) is 12.1 Å². The monoisotopic (exact) mass is 282 g/mol. The molecule has 0 unspecified atom stereocenters. The maximum atomic E-state index is 12.7. The number of nitrogens with one attached hydrogen (secondary N) is 2. The molecule has 0 radical (unpaired) electrons. The minimum Gasteiger partial charge on any atom is -0.396 e. The third kappa shape index (κ3) is 6.64. The van der Waals surface area contributed by atoms with Gasteiger partial charge in [0, 0.05) is 19.2 Å². The summed E-state index contributed by atoms with van der Waals surface area (Å²) in [6.45, 7) is 0.561. The van der Waals surface area contributed by atoms with E-state index in [0.29, 0.717) is 13.0 Å². The van der Waals surface area contributed by atoms with E-state index in [0.717, 1.165) is 5.56 Å². The number of halogens is 1. The number of aliphatic hydroxyl groups excluding tert-OH is 1. The van der Waals surface area contributed by atoms with E-state index in [1.807, 2.05) is 0 Å². The van der Waals surface area contributed by atoms with Gasteiger partial charge in [0.2, 0.25) is 5.91 Å².